The summed E-state index contributed by atoms with van der Waals surface area (Å²) in [4.78, 5) is 12.2. The second kappa shape index (κ2) is 6.47. The molecule has 2 heterocycles. The normalized spacial score (nSPS) is 10.6. The van der Waals surface area contributed by atoms with Gasteiger partial charge in [-0.2, -0.15) is 0 Å². The Morgan fingerprint density at radius 3 is 2.72 bits per heavy atom. The van der Waals surface area contributed by atoms with E-state index in [0.717, 1.165) is 31.1 Å². The van der Waals surface area contributed by atoms with Crippen LogP contribution in [0.25, 0.3) is 0 Å². The third-order valence-corrected chi connectivity index (χ3v) is 3.45. The van der Waals surface area contributed by atoms with Gasteiger partial charge in [0.05, 0.1) is 6.54 Å². The van der Waals surface area contributed by atoms with Crippen LogP contribution < -0.4 is 10.2 Å². The summed E-state index contributed by atoms with van der Waals surface area (Å²) in [7, 11) is 2.01. The molecule has 0 aliphatic rings. The summed E-state index contributed by atoms with van der Waals surface area (Å²) in [5, 5.41) is 5.34. The SMILES string of the molecule is CCNCc1cnc(N(C)Cc2cccs2)nc1. The van der Waals surface area contributed by atoms with Crippen LogP contribution in [0.3, 0.4) is 0 Å². The molecule has 0 fully saturated rings. The topological polar surface area (TPSA) is 41.1 Å². The van der Waals surface area contributed by atoms with Crippen molar-refractivity contribution in [3.05, 3.63) is 40.3 Å². The molecule has 2 aromatic heterocycles. The van der Waals surface area contributed by atoms with Gasteiger partial charge in [0.1, 0.15) is 0 Å². The van der Waals surface area contributed by atoms with E-state index >= 15 is 0 Å². The van der Waals surface area contributed by atoms with E-state index in [0.29, 0.717) is 0 Å². The van der Waals surface area contributed by atoms with Gasteiger partial charge in [0.25, 0.3) is 0 Å². The molecule has 96 valence electrons. The van der Waals surface area contributed by atoms with Crippen LogP contribution in [0.4, 0.5) is 5.95 Å². The Hall–Kier alpha value is -1.46. The van der Waals surface area contributed by atoms with Gasteiger partial charge in [0.2, 0.25) is 5.95 Å². The molecule has 4 nitrogen and oxygen atoms in total. The Morgan fingerprint density at radius 2 is 2.11 bits per heavy atom. The van der Waals surface area contributed by atoms with E-state index in [1.165, 1.54) is 4.88 Å². The summed E-state index contributed by atoms with van der Waals surface area (Å²) >= 11 is 1.75. The molecule has 0 aromatic carbocycles. The van der Waals surface area contributed by atoms with Crippen molar-refractivity contribution < 1.29 is 0 Å². The standard InChI is InChI=1S/C13H18N4S/c1-3-14-7-11-8-15-13(16-9-11)17(2)10-12-5-4-6-18-12/h4-6,8-9,14H,3,7,10H2,1-2H3. The van der Waals surface area contributed by atoms with E-state index in [9.17, 15) is 0 Å². The first-order chi connectivity index (χ1) is 8.79. The third-order valence-electron chi connectivity index (χ3n) is 2.59. The van der Waals surface area contributed by atoms with Gasteiger partial charge >= 0.3 is 0 Å². The lowest BCUT2D eigenvalue weighted by Gasteiger charge is -2.15. The maximum absolute atomic E-state index is 4.39. The molecule has 0 saturated heterocycles. The van der Waals surface area contributed by atoms with Gasteiger partial charge in [0.15, 0.2) is 0 Å². The molecule has 0 saturated carbocycles. The highest BCUT2D eigenvalue weighted by Gasteiger charge is 2.05. The number of aromatic nitrogens is 2. The first-order valence-corrected chi connectivity index (χ1v) is 6.92. The second-order valence-electron chi connectivity index (χ2n) is 4.11. The zero-order valence-corrected chi connectivity index (χ0v) is 11.6. The van der Waals surface area contributed by atoms with E-state index in [2.05, 4.69) is 44.6 Å². The van der Waals surface area contributed by atoms with Crippen molar-refractivity contribution >= 4 is 17.3 Å². The Bertz CT molecular complexity index is 452. The minimum Gasteiger partial charge on any atom is -0.339 e. The van der Waals surface area contributed by atoms with Crippen molar-refractivity contribution in [3.8, 4) is 0 Å². The lowest BCUT2D eigenvalue weighted by molar-refractivity contribution is 0.719. The van der Waals surface area contributed by atoms with E-state index in [1.807, 2.05) is 19.4 Å². The average molecular weight is 262 g/mol. The van der Waals surface area contributed by atoms with E-state index < -0.39 is 0 Å². The smallest absolute Gasteiger partial charge is 0.225 e. The molecule has 0 aliphatic heterocycles. The highest BCUT2D eigenvalue weighted by molar-refractivity contribution is 7.09. The molecule has 5 heteroatoms. The molecule has 2 rings (SSSR count). The quantitative estimate of drug-likeness (QED) is 0.867. The van der Waals surface area contributed by atoms with Crippen molar-refractivity contribution in [2.24, 2.45) is 0 Å². The Morgan fingerprint density at radius 1 is 1.33 bits per heavy atom. The van der Waals surface area contributed by atoms with Crippen LogP contribution in [0.5, 0.6) is 0 Å². The Balaban J connectivity index is 1.96. The largest absolute Gasteiger partial charge is 0.339 e. The molecule has 0 bridgehead atoms. The van der Waals surface area contributed by atoms with Crippen LogP contribution in [0.1, 0.15) is 17.4 Å². The fourth-order valence-corrected chi connectivity index (χ4v) is 2.37. The van der Waals surface area contributed by atoms with Gasteiger partial charge in [-0.1, -0.05) is 13.0 Å². The molecule has 18 heavy (non-hydrogen) atoms. The molecule has 2 aromatic rings. The summed E-state index contributed by atoms with van der Waals surface area (Å²) in [5.41, 5.74) is 1.12. The first kappa shape index (κ1) is 13.0. The summed E-state index contributed by atoms with van der Waals surface area (Å²) < 4.78 is 0. The van der Waals surface area contributed by atoms with Crippen molar-refractivity contribution in [2.75, 3.05) is 18.5 Å². The van der Waals surface area contributed by atoms with E-state index in [1.54, 1.807) is 11.3 Å². The maximum Gasteiger partial charge on any atom is 0.225 e. The highest BCUT2D eigenvalue weighted by Crippen LogP contribution is 2.14. The molecule has 0 atom stereocenters. The zero-order valence-electron chi connectivity index (χ0n) is 10.8. The summed E-state index contributed by atoms with van der Waals surface area (Å²) in [6, 6.07) is 4.19. The lowest BCUT2D eigenvalue weighted by atomic mass is 10.3. The number of hydrogen-bond acceptors (Lipinski definition) is 5. The predicted octanol–water partition coefficient (Wildman–Crippen LogP) is 2.28. The lowest BCUT2D eigenvalue weighted by Crippen LogP contribution is -2.19. The van der Waals surface area contributed by atoms with Crippen LogP contribution >= 0.6 is 11.3 Å². The van der Waals surface area contributed by atoms with Crippen molar-refractivity contribution in [3.63, 3.8) is 0 Å². The van der Waals surface area contributed by atoms with Gasteiger partial charge < -0.3 is 10.2 Å². The Labute approximate surface area is 112 Å². The van der Waals surface area contributed by atoms with Gasteiger partial charge in [0, 0.05) is 36.4 Å². The molecule has 0 amide bonds. The fourth-order valence-electron chi connectivity index (χ4n) is 1.61. The van der Waals surface area contributed by atoms with E-state index in [-0.39, 0.29) is 0 Å². The second-order valence-corrected chi connectivity index (χ2v) is 5.14. The summed E-state index contributed by atoms with van der Waals surface area (Å²) in [6.07, 6.45) is 3.77. The number of anilines is 1. The molecule has 0 aliphatic carbocycles. The number of nitrogens with one attached hydrogen (secondary N) is 1. The number of rotatable bonds is 6. The number of thiophene rings is 1. The predicted molar refractivity (Wildman–Crippen MR) is 75.8 cm³/mol. The molecule has 1 N–H and O–H groups in total. The number of nitrogens with zero attached hydrogens (tertiary/aromatic N) is 3. The molecule has 0 unspecified atom stereocenters. The van der Waals surface area contributed by atoms with Crippen molar-refractivity contribution in [1.29, 1.82) is 0 Å². The van der Waals surface area contributed by atoms with Crippen LogP contribution in [0.15, 0.2) is 29.9 Å². The van der Waals surface area contributed by atoms with Crippen molar-refractivity contribution in [1.82, 2.24) is 15.3 Å². The number of hydrogen-bond donors (Lipinski definition) is 1. The minimum absolute atomic E-state index is 0.767. The monoisotopic (exact) mass is 262 g/mol. The van der Waals surface area contributed by atoms with Gasteiger partial charge in [-0.3, -0.25) is 0 Å². The molecular weight excluding hydrogens is 244 g/mol. The van der Waals surface area contributed by atoms with Crippen LogP contribution in [0.2, 0.25) is 0 Å². The maximum atomic E-state index is 4.39. The minimum atomic E-state index is 0.767. The van der Waals surface area contributed by atoms with Crippen LogP contribution in [0, 0.1) is 0 Å². The summed E-state index contributed by atoms with van der Waals surface area (Å²) in [6.45, 7) is 4.72. The molecule has 0 radical (unpaired) electrons. The fraction of sp³-hybridized carbons (Fsp3) is 0.385. The van der Waals surface area contributed by atoms with Crippen LogP contribution in [-0.2, 0) is 13.1 Å². The van der Waals surface area contributed by atoms with Gasteiger partial charge in [-0.05, 0) is 18.0 Å². The third kappa shape index (κ3) is 3.51. The molecule has 0 spiro atoms. The highest BCUT2D eigenvalue weighted by atomic mass is 32.1. The van der Waals surface area contributed by atoms with Crippen LogP contribution in [-0.4, -0.2) is 23.6 Å². The summed E-state index contributed by atoms with van der Waals surface area (Å²) in [5.74, 6) is 0.767. The first-order valence-electron chi connectivity index (χ1n) is 6.04. The van der Waals surface area contributed by atoms with Gasteiger partial charge in [-0.25, -0.2) is 9.97 Å². The molecular formula is C13H18N4S. The zero-order chi connectivity index (χ0) is 12.8. The average Bonchev–Trinajstić information content (AvgIpc) is 2.89. The Kier molecular flexibility index (Phi) is 4.66. The van der Waals surface area contributed by atoms with Crippen molar-refractivity contribution in [2.45, 2.75) is 20.0 Å². The van der Waals surface area contributed by atoms with E-state index in [4.69, 9.17) is 0 Å². The van der Waals surface area contributed by atoms with Gasteiger partial charge in [-0.15, -0.1) is 11.3 Å².